The van der Waals surface area contributed by atoms with Gasteiger partial charge in [0.2, 0.25) is 0 Å². The van der Waals surface area contributed by atoms with E-state index in [2.05, 4.69) is 4.98 Å². The highest BCUT2D eigenvalue weighted by atomic mass is 35.5. The lowest BCUT2D eigenvalue weighted by Gasteiger charge is -2.13. The van der Waals surface area contributed by atoms with Crippen molar-refractivity contribution >= 4 is 11.6 Å². The molecule has 0 aliphatic rings. The van der Waals surface area contributed by atoms with Gasteiger partial charge in [0, 0.05) is 11.8 Å². The molecule has 0 aliphatic heterocycles. The Kier molecular flexibility index (Phi) is 4.23. The van der Waals surface area contributed by atoms with Crippen LogP contribution in [0.1, 0.15) is 23.2 Å². The van der Waals surface area contributed by atoms with Crippen molar-refractivity contribution in [2.24, 2.45) is 0 Å². The number of alkyl halides is 3. The van der Waals surface area contributed by atoms with E-state index in [1.807, 2.05) is 0 Å². The fraction of sp³-hybridized carbons (Fsp3) is 0.444. The molecule has 3 nitrogen and oxygen atoms in total. The van der Waals surface area contributed by atoms with Crippen LogP contribution in [0.15, 0.2) is 6.20 Å². The van der Waals surface area contributed by atoms with Crippen molar-refractivity contribution < 1.29 is 18.6 Å². The molecule has 1 aromatic heterocycles. The van der Waals surface area contributed by atoms with Gasteiger partial charge in [-0.05, 0) is 0 Å². The van der Waals surface area contributed by atoms with Gasteiger partial charge in [0.15, 0.2) is 0 Å². The lowest BCUT2D eigenvalue weighted by Crippen LogP contribution is -2.04. The normalized spacial score (nSPS) is 10.8. The first-order valence-corrected chi connectivity index (χ1v) is 4.68. The molecule has 0 radical (unpaired) electrons. The SMILES string of the molecule is COc1c(C(F)F)cnc(CCl)c1CO. The molecule has 0 saturated carbocycles. The Morgan fingerprint density at radius 1 is 1.60 bits per heavy atom. The average molecular weight is 238 g/mol. The van der Waals surface area contributed by atoms with E-state index in [1.165, 1.54) is 7.11 Å². The van der Waals surface area contributed by atoms with E-state index in [0.717, 1.165) is 6.20 Å². The van der Waals surface area contributed by atoms with Crippen LogP contribution in [0, 0.1) is 0 Å². The molecule has 1 rings (SSSR count). The summed E-state index contributed by atoms with van der Waals surface area (Å²) in [5.74, 6) is -0.00591. The largest absolute Gasteiger partial charge is 0.496 e. The molecule has 0 spiro atoms. The Morgan fingerprint density at radius 3 is 2.67 bits per heavy atom. The van der Waals surface area contributed by atoms with Gasteiger partial charge >= 0.3 is 0 Å². The number of aromatic nitrogens is 1. The minimum absolute atomic E-state index is 0.0375. The fourth-order valence-electron chi connectivity index (χ4n) is 1.26. The van der Waals surface area contributed by atoms with Crippen LogP contribution in [-0.4, -0.2) is 17.2 Å². The highest BCUT2D eigenvalue weighted by Gasteiger charge is 2.20. The molecule has 1 N–H and O–H groups in total. The number of halogens is 3. The molecular weight excluding hydrogens is 228 g/mol. The summed E-state index contributed by atoms with van der Waals surface area (Å²) in [6.07, 6.45) is -1.68. The number of methoxy groups -OCH3 is 1. The van der Waals surface area contributed by atoms with Crippen LogP contribution < -0.4 is 4.74 Å². The van der Waals surface area contributed by atoms with Gasteiger partial charge in [-0.3, -0.25) is 4.98 Å². The monoisotopic (exact) mass is 237 g/mol. The fourth-order valence-corrected chi connectivity index (χ4v) is 1.49. The first-order chi connectivity index (χ1) is 7.15. The van der Waals surface area contributed by atoms with E-state index < -0.39 is 13.0 Å². The van der Waals surface area contributed by atoms with Crippen molar-refractivity contribution in [3.05, 3.63) is 23.0 Å². The zero-order valence-electron chi connectivity index (χ0n) is 8.01. The second-order valence-corrected chi connectivity index (χ2v) is 3.03. The predicted molar refractivity (Wildman–Crippen MR) is 51.2 cm³/mol. The standard InChI is InChI=1S/C9H10ClF2NO2/c1-15-8-5(9(11)12)3-13-7(2-10)6(8)4-14/h3,9,14H,2,4H2,1H3. The van der Waals surface area contributed by atoms with Crippen LogP contribution in [0.3, 0.4) is 0 Å². The van der Waals surface area contributed by atoms with Gasteiger partial charge in [-0.1, -0.05) is 0 Å². The number of rotatable bonds is 4. The van der Waals surface area contributed by atoms with Crippen LogP contribution in [0.4, 0.5) is 8.78 Å². The maximum Gasteiger partial charge on any atom is 0.268 e. The number of hydrogen-bond donors (Lipinski definition) is 1. The quantitative estimate of drug-likeness (QED) is 0.817. The summed E-state index contributed by atoms with van der Waals surface area (Å²) in [5, 5.41) is 9.04. The molecule has 0 fully saturated rings. The third-order valence-corrected chi connectivity index (χ3v) is 2.22. The Labute approximate surface area is 90.7 Å². The van der Waals surface area contributed by atoms with Gasteiger partial charge in [0.25, 0.3) is 6.43 Å². The maximum absolute atomic E-state index is 12.5. The zero-order valence-corrected chi connectivity index (χ0v) is 8.76. The van der Waals surface area contributed by atoms with E-state index in [9.17, 15) is 8.78 Å². The number of aliphatic hydroxyl groups excluding tert-OH is 1. The summed E-state index contributed by atoms with van der Waals surface area (Å²) in [6, 6.07) is 0. The molecule has 15 heavy (non-hydrogen) atoms. The van der Waals surface area contributed by atoms with Crippen molar-refractivity contribution in [2.45, 2.75) is 18.9 Å². The topological polar surface area (TPSA) is 42.4 Å². The van der Waals surface area contributed by atoms with E-state index in [1.54, 1.807) is 0 Å². The third kappa shape index (κ3) is 2.35. The maximum atomic E-state index is 12.5. The van der Waals surface area contributed by atoms with Crippen LogP contribution >= 0.6 is 11.6 Å². The molecule has 0 unspecified atom stereocenters. The highest BCUT2D eigenvalue weighted by Crippen LogP contribution is 2.33. The lowest BCUT2D eigenvalue weighted by molar-refractivity contribution is 0.145. The summed E-state index contributed by atoms with van der Waals surface area (Å²) in [6.45, 7) is -0.432. The van der Waals surface area contributed by atoms with Gasteiger partial charge in [-0.25, -0.2) is 8.78 Å². The molecule has 0 aromatic carbocycles. The van der Waals surface area contributed by atoms with Crippen LogP contribution in [-0.2, 0) is 12.5 Å². The van der Waals surface area contributed by atoms with Gasteiger partial charge in [-0.2, -0.15) is 0 Å². The lowest BCUT2D eigenvalue weighted by atomic mass is 10.1. The summed E-state index contributed by atoms with van der Waals surface area (Å²) >= 11 is 5.56. The van der Waals surface area contributed by atoms with E-state index in [4.69, 9.17) is 21.4 Å². The summed E-state index contributed by atoms with van der Waals surface area (Å²) in [4.78, 5) is 3.75. The average Bonchev–Trinajstić information content (AvgIpc) is 2.26. The number of aliphatic hydroxyl groups is 1. The van der Waals surface area contributed by atoms with Crippen molar-refractivity contribution in [1.82, 2.24) is 4.98 Å². The molecule has 84 valence electrons. The molecule has 0 amide bonds. The summed E-state index contributed by atoms with van der Waals surface area (Å²) in [5.41, 5.74) is 0.223. The Morgan fingerprint density at radius 2 is 2.27 bits per heavy atom. The first-order valence-electron chi connectivity index (χ1n) is 4.15. The molecule has 0 aliphatic carbocycles. The Bertz CT molecular complexity index is 347. The minimum atomic E-state index is -2.69. The van der Waals surface area contributed by atoms with Gasteiger partial charge < -0.3 is 9.84 Å². The smallest absolute Gasteiger partial charge is 0.268 e. The van der Waals surface area contributed by atoms with Crippen LogP contribution in [0.2, 0.25) is 0 Å². The van der Waals surface area contributed by atoms with Crippen molar-refractivity contribution in [3.63, 3.8) is 0 Å². The second kappa shape index (κ2) is 5.23. The molecule has 0 saturated heterocycles. The zero-order chi connectivity index (χ0) is 11.4. The van der Waals surface area contributed by atoms with Crippen molar-refractivity contribution in [1.29, 1.82) is 0 Å². The van der Waals surface area contributed by atoms with Gasteiger partial charge in [0.05, 0.1) is 30.9 Å². The Balaban J connectivity index is 3.34. The number of ether oxygens (including phenoxy) is 1. The number of pyridine rings is 1. The predicted octanol–water partition coefficient (Wildman–Crippen LogP) is 2.26. The van der Waals surface area contributed by atoms with E-state index in [-0.39, 0.29) is 22.8 Å². The van der Waals surface area contributed by atoms with Crippen molar-refractivity contribution in [3.8, 4) is 5.75 Å². The molecule has 1 aromatic rings. The van der Waals surface area contributed by atoms with Crippen LogP contribution in [0.25, 0.3) is 0 Å². The van der Waals surface area contributed by atoms with Crippen LogP contribution in [0.5, 0.6) is 5.75 Å². The number of nitrogens with zero attached hydrogens (tertiary/aromatic N) is 1. The first kappa shape index (κ1) is 12.1. The second-order valence-electron chi connectivity index (χ2n) is 2.76. The molecule has 6 heteroatoms. The van der Waals surface area contributed by atoms with Crippen molar-refractivity contribution in [2.75, 3.05) is 7.11 Å². The summed E-state index contributed by atoms with van der Waals surface area (Å²) < 4.78 is 29.9. The molecule has 1 heterocycles. The third-order valence-electron chi connectivity index (χ3n) is 1.97. The summed E-state index contributed by atoms with van der Waals surface area (Å²) in [7, 11) is 1.26. The Hall–Kier alpha value is -0.940. The van der Waals surface area contributed by atoms with E-state index >= 15 is 0 Å². The number of hydrogen-bond acceptors (Lipinski definition) is 3. The van der Waals surface area contributed by atoms with E-state index in [0.29, 0.717) is 5.69 Å². The molecule has 0 atom stereocenters. The van der Waals surface area contributed by atoms with Gasteiger partial charge in [-0.15, -0.1) is 11.6 Å². The molecular formula is C9H10ClF2NO2. The molecule has 0 bridgehead atoms. The highest BCUT2D eigenvalue weighted by molar-refractivity contribution is 6.17. The van der Waals surface area contributed by atoms with Gasteiger partial charge in [0.1, 0.15) is 5.75 Å². The minimum Gasteiger partial charge on any atom is -0.496 e.